The number of nitrogen functional groups attached to an aromatic ring is 1. The normalized spacial score (nSPS) is 13.8. The van der Waals surface area contributed by atoms with Gasteiger partial charge in [0.25, 0.3) is 5.78 Å². The van der Waals surface area contributed by atoms with Crippen LogP contribution in [-0.4, -0.2) is 32.0 Å². The van der Waals surface area contributed by atoms with Crippen molar-refractivity contribution in [1.82, 2.24) is 19.6 Å². The number of nitrogens with two attached hydrogens (primary N) is 1. The molecule has 0 spiro atoms. The summed E-state index contributed by atoms with van der Waals surface area (Å²) in [6.07, 6.45) is 4.43. The molecule has 1 aliphatic heterocycles. The second-order valence-corrected chi connectivity index (χ2v) is 6.73. The molecule has 1 aliphatic rings. The standard InChI is InChI=1S/C19H22N6O/c1-12-14(13(2)25-19(23-12)21-11-22-25)8-9-18(26)24-10-4-5-15-16(20)6-3-7-17(15)24/h3,6-7,11H,4-5,8-10,20H2,1-2H3. The number of aromatic nitrogens is 4. The second kappa shape index (κ2) is 6.40. The third-order valence-electron chi connectivity index (χ3n) is 5.17. The first-order valence-corrected chi connectivity index (χ1v) is 8.90. The molecule has 7 nitrogen and oxygen atoms in total. The Morgan fingerprint density at radius 2 is 2.15 bits per heavy atom. The summed E-state index contributed by atoms with van der Waals surface area (Å²) >= 11 is 0. The number of fused-ring (bicyclic) bond motifs is 2. The predicted octanol–water partition coefficient (Wildman–Crippen LogP) is 2.24. The molecule has 2 N–H and O–H groups in total. The van der Waals surface area contributed by atoms with Crippen LogP contribution >= 0.6 is 0 Å². The van der Waals surface area contributed by atoms with Crippen molar-refractivity contribution in [2.45, 2.75) is 39.5 Å². The van der Waals surface area contributed by atoms with Crippen molar-refractivity contribution in [3.63, 3.8) is 0 Å². The van der Waals surface area contributed by atoms with Gasteiger partial charge in [-0.1, -0.05) is 6.07 Å². The highest BCUT2D eigenvalue weighted by molar-refractivity contribution is 5.95. The molecule has 1 aromatic carbocycles. The van der Waals surface area contributed by atoms with E-state index in [2.05, 4.69) is 15.1 Å². The van der Waals surface area contributed by atoms with Crippen molar-refractivity contribution in [2.24, 2.45) is 0 Å². The van der Waals surface area contributed by atoms with Crippen molar-refractivity contribution in [3.8, 4) is 0 Å². The zero-order valence-corrected chi connectivity index (χ0v) is 15.1. The Bertz CT molecular complexity index is 993. The highest BCUT2D eigenvalue weighted by Crippen LogP contribution is 2.31. The Hall–Kier alpha value is -2.96. The van der Waals surface area contributed by atoms with Gasteiger partial charge in [0, 0.05) is 35.7 Å². The lowest BCUT2D eigenvalue weighted by Crippen LogP contribution is -2.36. The minimum atomic E-state index is 0.119. The van der Waals surface area contributed by atoms with Gasteiger partial charge in [-0.05, 0) is 56.4 Å². The van der Waals surface area contributed by atoms with Crippen molar-refractivity contribution >= 4 is 23.1 Å². The summed E-state index contributed by atoms with van der Waals surface area (Å²) in [5, 5.41) is 4.21. The highest BCUT2D eigenvalue weighted by Gasteiger charge is 2.24. The molecule has 0 fully saturated rings. The third-order valence-corrected chi connectivity index (χ3v) is 5.17. The van der Waals surface area contributed by atoms with Crippen LogP contribution in [0.3, 0.4) is 0 Å². The van der Waals surface area contributed by atoms with Crippen molar-refractivity contribution in [1.29, 1.82) is 0 Å². The van der Waals surface area contributed by atoms with E-state index in [0.29, 0.717) is 18.6 Å². The maximum atomic E-state index is 12.9. The summed E-state index contributed by atoms with van der Waals surface area (Å²) in [5.41, 5.74) is 11.9. The van der Waals surface area contributed by atoms with Crippen LogP contribution < -0.4 is 10.6 Å². The van der Waals surface area contributed by atoms with Crippen molar-refractivity contribution in [2.75, 3.05) is 17.2 Å². The molecule has 4 rings (SSSR count). The van der Waals surface area contributed by atoms with Gasteiger partial charge in [-0.15, -0.1) is 0 Å². The Labute approximate surface area is 151 Å². The lowest BCUT2D eigenvalue weighted by molar-refractivity contribution is -0.118. The average molecular weight is 350 g/mol. The zero-order valence-electron chi connectivity index (χ0n) is 15.1. The number of amides is 1. The van der Waals surface area contributed by atoms with Crippen LogP contribution in [0, 0.1) is 13.8 Å². The fourth-order valence-corrected chi connectivity index (χ4v) is 3.79. The largest absolute Gasteiger partial charge is 0.398 e. The van der Waals surface area contributed by atoms with Gasteiger partial charge in [0.15, 0.2) is 0 Å². The van der Waals surface area contributed by atoms with Gasteiger partial charge in [0.2, 0.25) is 5.91 Å². The number of aryl methyl sites for hydroxylation is 2. The highest BCUT2D eigenvalue weighted by atomic mass is 16.2. The maximum Gasteiger partial charge on any atom is 0.252 e. The van der Waals surface area contributed by atoms with Crippen LogP contribution in [0.25, 0.3) is 5.78 Å². The van der Waals surface area contributed by atoms with Gasteiger partial charge in [0.05, 0.1) is 0 Å². The number of carbonyl (C=O) groups is 1. The minimum Gasteiger partial charge on any atom is -0.398 e. The van der Waals surface area contributed by atoms with Gasteiger partial charge < -0.3 is 10.6 Å². The van der Waals surface area contributed by atoms with Gasteiger partial charge >= 0.3 is 0 Å². The molecule has 3 heterocycles. The molecule has 0 radical (unpaired) electrons. The molecular formula is C19H22N6O. The average Bonchev–Trinajstić information content (AvgIpc) is 3.10. The van der Waals surface area contributed by atoms with Crippen molar-refractivity contribution in [3.05, 3.63) is 47.0 Å². The Morgan fingerprint density at radius 3 is 3.00 bits per heavy atom. The predicted molar refractivity (Wildman–Crippen MR) is 100 cm³/mol. The number of rotatable bonds is 3. The lowest BCUT2D eigenvalue weighted by Gasteiger charge is -2.30. The topological polar surface area (TPSA) is 89.4 Å². The molecule has 0 saturated heterocycles. The minimum absolute atomic E-state index is 0.119. The third kappa shape index (κ3) is 2.69. The smallest absolute Gasteiger partial charge is 0.252 e. The van der Waals surface area contributed by atoms with E-state index < -0.39 is 0 Å². The second-order valence-electron chi connectivity index (χ2n) is 6.73. The Balaban J connectivity index is 1.57. The number of hydrogen-bond donors (Lipinski definition) is 1. The van der Waals surface area contributed by atoms with E-state index in [0.717, 1.165) is 53.3 Å². The monoisotopic (exact) mass is 350 g/mol. The molecule has 0 saturated carbocycles. The Kier molecular flexibility index (Phi) is 4.06. The van der Waals surface area contributed by atoms with Crippen LogP contribution in [0.1, 0.15) is 35.4 Å². The van der Waals surface area contributed by atoms with E-state index in [1.165, 1.54) is 6.33 Å². The lowest BCUT2D eigenvalue weighted by atomic mass is 9.99. The molecule has 3 aromatic rings. The molecule has 0 unspecified atom stereocenters. The SMILES string of the molecule is Cc1nc2ncnn2c(C)c1CCC(=O)N1CCCc2c(N)cccc21. The summed E-state index contributed by atoms with van der Waals surface area (Å²) in [6.45, 7) is 4.69. The molecule has 0 bridgehead atoms. The fraction of sp³-hybridized carbons (Fsp3) is 0.368. The summed E-state index contributed by atoms with van der Waals surface area (Å²) < 4.78 is 1.73. The van der Waals surface area contributed by atoms with Crippen LogP contribution in [0.4, 0.5) is 11.4 Å². The molecule has 0 aliphatic carbocycles. The fourth-order valence-electron chi connectivity index (χ4n) is 3.79. The van der Waals surface area contributed by atoms with Gasteiger partial charge in [-0.3, -0.25) is 4.79 Å². The van der Waals surface area contributed by atoms with Gasteiger partial charge in [0.1, 0.15) is 6.33 Å². The van der Waals surface area contributed by atoms with E-state index in [4.69, 9.17) is 5.73 Å². The Morgan fingerprint density at radius 1 is 1.31 bits per heavy atom. The summed E-state index contributed by atoms with van der Waals surface area (Å²) in [5.74, 6) is 0.713. The summed E-state index contributed by atoms with van der Waals surface area (Å²) in [7, 11) is 0. The molecule has 1 amide bonds. The van der Waals surface area contributed by atoms with E-state index in [-0.39, 0.29) is 5.91 Å². The molecule has 2 aromatic heterocycles. The van der Waals surface area contributed by atoms with E-state index in [1.807, 2.05) is 36.9 Å². The van der Waals surface area contributed by atoms with Crippen LogP contribution in [0.15, 0.2) is 24.5 Å². The first kappa shape index (κ1) is 16.5. The van der Waals surface area contributed by atoms with Crippen LogP contribution in [0.5, 0.6) is 0 Å². The molecular weight excluding hydrogens is 328 g/mol. The number of carbonyl (C=O) groups excluding carboxylic acids is 1. The number of anilines is 2. The first-order chi connectivity index (χ1) is 12.6. The summed E-state index contributed by atoms with van der Waals surface area (Å²) in [6, 6.07) is 5.80. The number of benzene rings is 1. The zero-order chi connectivity index (χ0) is 18.3. The number of hydrogen-bond acceptors (Lipinski definition) is 5. The quantitative estimate of drug-likeness (QED) is 0.732. The van der Waals surface area contributed by atoms with Crippen LogP contribution in [-0.2, 0) is 17.6 Å². The summed E-state index contributed by atoms with van der Waals surface area (Å²) in [4.78, 5) is 23.4. The van der Waals surface area contributed by atoms with Gasteiger partial charge in [-0.2, -0.15) is 10.1 Å². The van der Waals surface area contributed by atoms with Gasteiger partial charge in [-0.25, -0.2) is 9.50 Å². The maximum absolute atomic E-state index is 12.9. The molecule has 7 heteroatoms. The molecule has 26 heavy (non-hydrogen) atoms. The number of nitrogens with zero attached hydrogens (tertiary/aromatic N) is 5. The van der Waals surface area contributed by atoms with E-state index >= 15 is 0 Å². The van der Waals surface area contributed by atoms with E-state index in [1.54, 1.807) is 4.52 Å². The van der Waals surface area contributed by atoms with Crippen molar-refractivity contribution < 1.29 is 4.79 Å². The first-order valence-electron chi connectivity index (χ1n) is 8.90. The van der Waals surface area contributed by atoms with E-state index in [9.17, 15) is 4.79 Å². The van der Waals surface area contributed by atoms with Crippen LogP contribution in [0.2, 0.25) is 0 Å². The molecule has 134 valence electrons. The molecule has 0 atom stereocenters.